The van der Waals surface area contributed by atoms with Gasteiger partial charge in [-0.25, -0.2) is 0 Å². The van der Waals surface area contributed by atoms with Crippen LogP contribution in [0.5, 0.6) is 40.2 Å². The summed E-state index contributed by atoms with van der Waals surface area (Å²) in [5.74, 6) is 3.91. The van der Waals surface area contributed by atoms with Gasteiger partial charge in [-0.2, -0.15) is 0 Å². The number of phenolic OH excluding ortho intramolecular Hbond substituents is 1. The number of benzene rings is 4. The van der Waals surface area contributed by atoms with Crippen molar-refractivity contribution in [1.29, 1.82) is 0 Å². The van der Waals surface area contributed by atoms with Crippen LogP contribution in [0.4, 0.5) is 0 Å². The third kappa shape index (κ3) is 6.89. The number of hydrogen-bond donors (Lipinski definition) is 1. The minimum absolute atomic E-state index is 0.0589. The SMILES string of the molecule is COc1ccc(C[C@@H]2c3cc(Oc4cc(/C=C5\CN(C)CCc6cc(OC)c(OC)cc65)ccc4O)c(OC)cc3CCN2C)cc1. The highest BCUT2D eigenvalue weighted by molar-refractivity contribution is 5.85. The first-order valence-electron chi connectivity index (χ1n) is 16.0. The molecule has 6 rings (SSSR count). The molecule has 47 heavy (non-hydrogen) atoms. The second-order valence-corrected chi connectivity index (χ2v) is 12.4. The molecule has 0 aromatic heterocycles. The Morgan fingerprint density at radius 3 is 2.13 bits per heavy atom. The van der Waals surface area contributed by atoms with Gasteiger partial charge >= 0.3 is 0 Å². The zero-order valence-corrected chi connectivity index (χ0v) is 28.1. The van der Waals surface area contributed by atoms with E-state index in [2.05, 4.69) is 66.4 Å². The minimum Gasteiger partial charge on any atom is -0.504 e. The van der Waals surface area contributed by atoms with Gasteiger partial charge in [0.1, 0.15) is 5.75 Å². The summed E-state index contributed by atoms with van der Waals surface area (Å²) >= 11 is 0. The van der Waals surface area contributed by atoms with E-state index in [1.165, 1.54) is 22.3 Å². The highest BCUT2D eigenvalue weighted by Crippen LogP contribution is 2.43. The Morgan fingerprint density at radius 1 is 0.723 bits per heavy atom. The van der Waals surface area contributed by atoms with Gasteiger partial charge < -0.3 is 33.7 Å². The van der Waals surface area contributed by atoms with Crippen LogP contribution < -0.4 is 23.7 Å². The Balaban J connectivity index is 1.34. The summed E-state index contributed by atoms with van der Waals surface area (Å²) in [6.45, 7) is 2.64. The number of nitrogens with zero attached hydrogens (tertiary/aromatic N) is 2. The van der Waals surface area contributed by atoms with E-state index in [1.54, 1.807) is 34.5 Å². The molecule has 1 N–H and O–H groups in total. The first kappa shape index (κ1) is 32.3. The lowest BCUT2D eigenvalue weighted by atomic mass is 9.88. The van der Waals surface area contributed by atoms with Gasteiger partial charge in [0.05, 0.1) is 28.4 Å². The zero-order valence-electron chi connectivity index (χ0n) is 28.1. The van der Waals surface area contributed by atoms with Crippen molar-refractivity contribution in [3.8, 4) is 40.2 Å². The molecule has 8 heteroatoms. The van der Waals surface area contributed by atoms with Crippen molar-refractivity contribution < 1.29 is 28.8 Å². The van der Waals surface area contributed by atoms with Crippen molar-refractivity contribution >= 4 is 11.6 Å². The van der Waals surface area contributed by atoms with Crippen LogP contribution in [-0.4, -0.2) is 77.1 Å². The topological polar surface area (TPSA) is 72.9 Å². The van der Waals surface area contributed by atoms with Crippen LogP contribution in [-0.2, 0) is 19.3 Å². The lowest BCUT2D eigenvalue weighted by molar-refractivity contribution is 0.228. The van der Waals surface area contributed by atoms with E-state index in [1.807, 2.05) is 24.3 Å². The van der Waals surface area contributed by atoms with E-state index in [0.717, 1.165) is 67.1 Å². The third-order valence-corrected chi connectivity index (χ3v) is 9.34. The molecule has 1 atom stereocenters. The molecule has 0 unspecified atom stereocenters. The number of hydrogen-bond acceptors (Lipinski definition) is 8. The summed E-state index contributed by atoms with van der Waals surface area (Å²) in [4.78, 5) is 4.69. The predicted octanol–water partition coefficient (Wildman–Crippen LogP) is 7.02. The van der Waals surface area contributed by atoms with Gasteiger partial charge in [-0.05, 0) is 127 Å². The molecule has 0 saturated carbocycles. The molecule has 2 aliphatic heterocycles. The summed E-state index contributed by atoms with van der Waals surface area (Å²) in [7, 11) is 11.0. The van der Waals surface area contributed by atoms with Gasteiger partial charge in [-0.1, -0.05) is 18.2 Å². The number of rotatable bonds is 9. The number of ether oxygens (including phenoxy) is 5. The average molecular weight is 637 g/mol. The fourth-order valence-electron chi connectivity index (χ4n) is 6.66. The first-order chi connectivity index (χ1) is 22.8. The van der Waals surface area contributed by atoms with Crippen molar-refractivity contribution in [2.75, 3.05) is 62.2 Å². The van der Waals surface area contributed by atoms with Crippen LogP contribution >= 0.6 is 0 Å². The molecule has 0 saturated heterocycles. The second kappa shape index (κ2) is 14.0. The molecule has 2 aliphatic rings. The largest absolute Gasteiger partial charge is 0.504 e. The number of fused-ring (bicyclic) bond motifs is 2. The molecule has 8 nitrogen and oxygen atoms in total. The van der Waals surface area contributed by atoms with Crippen molar-refractivity contribution in [2.24, 2.45) is 0 Å². The Morgan fingerprint density at radius 2 is 1.40 bits per heavy atom. The quantitative estimate of drug-likeness (QED) is 0.210. The maximum Gasteiger partial charge on any atom is 0.169 e. The average Bonchev–Trinajstić information content (AvgIpc) is 3.24. The van der Waals surface area contributed by atoms with E-state index >= 15 is 0 Å². The van der Waals surface area contributed by atoms with E-state index in [9.17, 15) is 5.11 Å². The fraction of sp³-hybridized carbons (Fsp3) is 0.333. The molecular formula is C39H44N2O6. The molecule has 4 aromatic rings. The Hall–Kier alpha value is -4.66. The van der Waals surface area contributed by atoms with Crippen LogP contribution in [0, 0.1) is 0 Å². The fourth-order valence-corrected chi connectivity index (χ4v) is 6.66. The first-order valence-corrected chi connectivity index (χ1v) is 16.0. The maximum atomic E-state index is 11.0. The van der Waals surface area contributed by atoms with Crippen LogP contribution in [0.2, 0.25) is 0 Å². The molecule has 4 aromatic carbocycles. The standard InChI is InChI=1S/C39H44N2O6/c1-40-15-13-27-20-36(44-4)38(46-6)22-31(27)29(24-40)17-26-9-12-34(42)35(19-26)47-39-23-32-28(21-37(39)45-5)14-16-41(2)33(32)18-25-7-10-30(43-3)11-8-25/h7-12,17,19-23,33,42H,13-16,18,24H2,1-6H3/b29-17+/t33-/m1/s1. The van der Waals surface area contributed by atoms with Gasteiger partial charge in [-0.15, -0.1) is 0 Å². The van der Waals surface area contributed by atoms with Crippen molar-refractivity contribution in [2.45, 2.75) is 25.3 Å². The Labute approximate surface area is 277 Å². The zero-order chi connectivity index (χ0) is 33.1. The highest BCUT2D eigenvalue weighted by Gasteiger charge is 2.28. The van der Waals surface area contributed by atoms with Crippen LogP contribution in [0.3, 0.4) is 0 Å². The normalized spacial score (nSPS) is 17.4. The maximum absolute atomic E-state index is 11.0. The van der Waals surface area contributed by atoms with E-state index in [4.69, 9.17) is 23.7 Å². The smallest absolute Gasteiger partial charge is 0.169 e. The number of methoxy groups -OCH3 is 4. The van der Waals surface area contributed by atoms with E-state index < -0.39 is 0 Å². The predicted molar refractivity (Wildman–Crippen MR) is 186 cm³/mol. The van der Waals surface area contributed by atoms with Gasteiger partial charge in [0, 0.05) is 25.7 Å². The van der Waals surface area contributed by atoms with Crippen molar-refractivity contribution in [3.63, 3.8) is 0 Å². The lowest BCUT2D eigenvalue weighted by Gasteiger charge is -2.35. The molecular weight excluding hydrogens is 592 g/mol. The Bertz CT molecular complexity index is 1770. The van der Waals surface area contributed by atoms with Crippen molar-refractivity contribution in [1.82, 2.24) is 9.80 Å². The van der Waals surface area contributed by atoms with Crippen LogP contribution in [0.25, 0.3) is 11.6 Å². The summed E-state index contributed by atoms with van der Waals surface area (Å²) in [5, 5.41) is 11.0. The van der Waals surface area contributed by atoms with Gasteiger partial charge in [0.25, 0.3) is 0 Å². The summed E-state index contributed by atoms with van der Waals surface area (Å²) in [6, 6.07) is 22.2. The van der Waals surface area contributed by atoms with Gasteiger partial charge in [0.15, 0.2) is 34.5 Å². The number of phenols is 1. The van der Waals surface area contributed by atoms with Gasteiger partial charge in [0.2, 0.25) is 0 Å². The van der Waals surface area contributed by atoms with Gasteiger partial charge in [-0.3, -0.25) is 4.90 Å². The number of aromatic hydroxyl groups is 1. The summed E-state index contributed by atoms with van der Waals surface area (Å²) < 4.78 is 28.9. The second-order valence-electron chi connectivity index (χ2n) is 12.4. The summed E-state index contributed by atoms with van der Waals surface area (Å²) in [5.41, 5.74) is 8.08. The molecule has 0 amide bonds. The molecule has 0 spiro atoms. The summed E-state index contributed by atoms with van der Waals surface area (Å²) in [6.07, 6.45) is 4.83. The molecule has 246 valence electrons. The van der Waals surface area contributed by atoms with Crippen LogP contribution in [0.15, 0.2) is 66.7 Å². The van der Waals surface area contributed by atoms with E-state index in [0.29, 0.717) is 23.0 Å². The lowest BCUT2D eigenvalue weighted by Crippen LogP contribution is -2.33. The Kier molecular flexibility index (Phi) is 9.61. The molecule has 0 aliphatic carbocycles. The minimum atomic E-state index is 0.0589. The molecule has 0 bridgehead atoms. The molecule has 0 fully saturated rings. The molecule has 0 radical (unpaired) electrons. The number of likely N-dealkylation sites (N-methyl/N-ethyl adjacent to an activating group) is 2. The van der Waals surface area contributed by atoms with E-state index in [-0.39, 0.29) is 11.8 Å². The van der Waals surface area contributed by atoms with Crippen molar-refractivity contribution in [3.05, 3.63) is 100 Å². The van der Waals surface area contributed by atoms with Crippen LogP contribution in [0.1, 0.15) is 39.4 Å². The highest BCUT2D eigenvalue weighted by atomic mass is 16.5. The third-order valence-electron chi connectivity index (χ3n) is 9.34. The monoisotopic (exact) mass is 636 g/mol. The molecule has 2 heterocycles.